The number of hydrogen-bond donors (Lipinski definition) is 2. The average Bonchev–Trinajstić information content (AvgIpc) is 2.84. The van der Waals surface area contributed by atoms with Crippen LogP contribution in [-0.2, 0) is 11.2 Å². The summed E-state index contributed by atoms with van der Waals surface area (Å²) in [6.45, 7) is 9.78. The highest BCUT2D eigenvalue weighted by atomic mass is 16.6. The summed E-state index contributed by atoms with van der Waals surface area (Å²) >= 11 is 0. The van der Waals surface area contributed by atoms with Gasteiger partial charge in [-0.25, -0.2) is 4.79 Å². The molecule has 2 rings (SSSR count). The van der Waals surface area contributed by atoms with Crippen molar-refractivity contribution in [2.24, 2.45) is 5.92 Å². The van der Waals surface area contributed by atoms with Crippen molar-refractivity contribution in [1.82, 2.24) is 5.32 Å². The number of rotatable bonds is 3. The number of benzene rings is 1. The molecule has 2 N–H and O–H groups in total. The number of ether oxygens (including phenoxy) is 1. The highest BCUT2D eigenvalue weighted by Gasteiger charge is 2.18. The van der Waals surface area contributed by atoms with E-state index in [-0.39, 0.29) is 0 Å². The van der Waals surface area contributed by atoms with Crippen molar-refractivity contribution in [2.45, 2.75) is 46.1 Å². The van der Waals surface area contributed by atoms with Gasteiger partial charge in [-0.15, -0.1) is 0 Å². The largest absolute Gasteiger partial charge is 0.444 e. The molecule has 1 fully saturated rings. The van der Waals surface area contributed by atoms with Gasteiger partial charge in [0.05, 0.1) is 0 Å². The fourth-order valence-electron chi connectivity index (χ4n) is 2.57. The molecule has 0 spiro atoms. The highest BCUT2D eigenvalue weighted by molar-refractivity contribution is 5.86. The summed E-state index contributed by atoms with van der Waals surface area (Å²) in [5.41, 5.74) is 2.67. The Balaban J connectivity index is 2.02. The van der Waals surface area contributed by atoms with Gasteiger partial charge in [-0.05, 0) is 76.7 Å². The van der Waals surface area contributed by atoms with Gasteiger partial charge in [-0.2, -0.15) is 0 Å². The molecule has 1 aromatic rings. The molecule has 0 radical (unpaired) electrons. The Labute approximate surface area is 127 Å². The van der Waals surface area contributed by atoms with Crippen LogP contribution in [0.3, 0.4) is 0 Å². The van der Waals surface area contributed by atoms with Gasteiger partial charge in [0.25, 0.3) is 0 Å². The molecule has 0 saturated carbocycles. The van der Waals surface area contributed by atoms with Gasteiger partial charge in [-0.3, -0.25) is 5.32 Å². The molecule has 1 aliphatic rings. The predicted molar refractivity (Wildman–Crippen MR) is 85.7 cm³/mol. The minimum absolute atomic E-state index is 0.398. The fourth-order valence-corrected chi connectivity index (χ4v) is 2.57. The van der Waals surface area contributed by atoms with Crippen LogP contribution in [0.1, 0.15) is 38.3 Å². The summed E-state index contributed by atoms with van der Waals surface area (Å²) < 4.78 is 5.31. The molecule has 4 nitrogen and oxygen atoms in total. The summed E-state index contributed by atoms with van der Waals surface area (Å²) in [7, 11) is 0. The van der Waals surface area contributed by atoms with Gasteiger partial charge < -0.3 is 10.1 Å². The van der Waals surface area contributed by atoms with Crippen LogP contribution < -0.4 is 10.6 Å². The molecule has 1 aliphatic heterocycles. The zero-order valence-corrected chi connectivity index (χ0v) is 13.5. The Morgan fingerprint density at radius 2 is 2.19 bits per heavy atom. The zero-order valence-electron chi connectivity index (χ0n) is 13.5. The van der Waals surface area contributed by atoms with Crippen molar-refractivity contribution in [1.29, 1.82) is 0 Å². The summed E-state index contributed by atoms with van der Waals surface area (Å²) in [4.78, 5) is 11.9. The van der Waals surface area contributed by atoms with Crippen LogP contribution in [-0.4, -0.2) is 24.8 Å². The molecule has 1 atom stereocenters. The van der Waals surface area contributed by atoms with Crippen molar-refractivity contribution in [3.63, 3.8) is 0 Å². The first-order chi connectivity index (χ1) is 9.83. The lowest BCUT2D eigenvalue weighted by molar-refractivity contribution is 0.0636. The van der Waals surface area contributed by atoms with Crippen molar-refractivity contribution in [3.8, 4) is 0 Å². The fraction of sp³-hybridized carbons (Fsp3) is 0.588. The second-order valence-electron chi connectivity index (χ2n) is 6.84. The van der Waals surface area contributed by atoms with E-state index in [0.717, 1.165) is 30.8 Å². The SMILES string of the molecule is Cc1ccc(CC2CCNC2)cc1NC(=O)OC(C)(C)C. The van der Waals surface area contributed by atoms with Crippen molar-refractivity contribution >= 4 is 11.8 Å². The number of nitrogens with one attached hydrogen (secondary N) is 2. The van der Waals surface area contributed by atoms with Crippen LogP contribution in [0.4, 0.5) is 10.5 Å². The summed E-state index contributed by atoms with van der Waals surface area (Å²) in [6, 6.07) is 6.27. The van der Waals surface area contributed by atoms with Crippen molar-refractivity contribution in [2.75, 3.05) is 18.4 Å². The topological polar surface area (TPSA) is 50.4 Å². The van der Waals surface area contributed by atoms with Crippen LogP contribution in [0.25, 0.3) is 0 Å². The summed E-state index contributed by atoms with van der Waals surface area (Å²) in [5, 5.41) is 6.24. The molecule has 4 heteroatoms. The zero-order chi connectivity index (χ0) is 15.5. The number of carbonyl (C=O) groups is 1. The molecule has 1 amide bonds. The average molecular weight is 290 g/mol. The van der Waals surface area contributed by atoms with Gasteiger partial charge in [0.1, 0.15) is 5.60 Å². The maximum absolute atomic E-state index is 11.9. The quantitative estimate of drug-likeness (QED) is 0.896. The maximum Gasteiger partial charge on any atom is 0.412 e. The van der Waals surface area contributed by atoms with Gasteiger partial charge in [0, 0.05) is 5.69 Å². The first-order valence-electron chi connectivity index (χ1n) is 7.64. The minimum Gasteiger partial charge on any atom is -0.444 e. The van der Waals surface area contributed by atoms with Crippen LogP contribution in [0.2, 0.25) is 0 Å². The van der Waals surface area contributed by atoms with Gasteiger partial charge >= 0.3 is 6.09 Å². The molecule has 1 aromatic carbocycles. The smallest absolute Gasteiger partial charge is 0.412 e. The molecular weight excluding hydrogens is 264 g/mol. The van der Waals surface area contributed by atoms with E-state index in [1.807, 2.05) is 27.7 Å². The third kappa shape index (κ3) is 5.05. The van der Waals surface area contributed by atoms with E-state index in [1.54, 1.807) is 0 Å². The summed E-state index contributed by atoms with van der Waals surface area (Å²) in [6.07, 6.45) is 1.88. The normalized spacial score (nSPS) is 18.6. The van der Waals surface area contributed by atoms with Crippen LogP contribution in [0, 0.1) is 12.8 Å². The third-order valence-electron chi connectivity index (χ3n) is 3.62. The van der Waals surface area contributed by atoms with Crippen LogP contribution in [0.5, 0.6) is 0 Å². The number of carbonyl (C=O) groups excluding carboxylic acids is 1. The lowest BCUT2D eigenvalue weighted by Crippen LogP contribution is -2.27. The molecular formula is C17H26N2O2. The lowest BCUT2D eigenvalue weighted by atomic mass is 9.97. The second-order valence-corrected chi connectivity index (χ2v) is 6.84. The van der Waals surface area contributed by atoms with E-state index >= 15 is 0 Å². The van der Waals surface area contributed by atoms with E-state index < -0.39 is 11.7 Å². The number of amides is 1. The minimum atomic E-state index is -0.481. The Hall–Kier alpha value is -1.55. The van der Waals surface area contributed by atoms with Gasteiger partial charge in [0.15, 0.2) is 0 Å². The Morgan fingerprint density at radius 3 is 2.81 bits per heavy atom. The van der Waals surface area contributed by atoms with Crippen molar-refractivity contribution < 1.29 is 9.53 Å². The first-order valence-corrected chi connectivity index (χ1v) is 7.64. The van der Waals surface area contributed by atoms with E-state index in [1.165, 1.54) is 12.0 Å². The van der Waals surface area contributed by atoms with Gasteiger partial charge in [-0.1, -0.05) is 12.1 Å². The lowest BCUT2D eigenvalue weighted by Gasteiger charge is -2.20. The predicted octanol–water partition coefficient (Wildman–Crippen LogP) is 3.49. The Morgan fingerprint density at radius 1 is 1.43 bits per heavy atom. The van der Waals surface area contributed by atoms with Crippen LogP contribution in [0.15, 0.2) is 18.2 Å². The highest BCUT2D eigenvalue weighted by Crippen LogP contribution is 2.22. The molecule has 1 heterocycles. The molecule has 21 heavy (non-hydrogen) atoms. The van der Waals surface area contributed by atoms with Crippen LogP contribution >= 0.6 is 0 Å². The monoisotopic (exact) mass is 290 g/mol. The first kappa shape index (κ1) is 15.8. The number of anilines is 1. The van der Waals surface area contributed by atoms with E-state index in [2.05, 4.69) is 28.8 Å². The maximum atomic E-state index is 11.9. The standard InChI is InChI=1S/C17H26N2O2/c1-12-5-6-13(9-14-7-8-18-11-14)10-15(12)19-16(20)21-17(2,3)4/h5-6,10,14,18H,7-9,11H2,1-4H3,(H,19,20). The molecule has 0 aliphatic carbocycles. The number of hydrogen-bond acceptors (Lipinski definition) is 3. The molecule has 1 saturated heterocycles. The number of aryl methyl sites for hydroxylation is 1. The Kier molecular flexibility index (Phi) is 4.88. The summed E-state index contributed by atoms with van der Waals surface area (Å²) in [5.74, 6) is 0.696. The van der Waals surface area contributed by atoms with E-state index in [4.69, 9.17) is 4.74 Å². The molecule has 0 aromatic heterocycles. The third-order valence-corrected chi connectivity index (χ3v) is 3.62. The van der Waals surface area contributed by atoms with Crippen molar-refractivity contribution in [3.05, 3.63) is 29.3 Å². The molecule has 1 unspecified atom stereocenters. The van der Waals surface area contributed by atoms with E-state index in [9.17, 15) is 4.79 Å². The molecule has 116 valence electrons. The Bertz CT molecular complexity index is 500. The second kappa shape index (κ2) is 6.48. The molecule has 0 bridgehead atoms. The van der Waals surface area contributed by atoms with Gasteiger partial charge in [0.2, 0.25) is 0 Å². The van der Waals surface area contributed by atoms with E-state index in [0.29, 0.717) is 5.92 Å².